The van der Waals surface area contributed by atoms with Crippen molar-refractivity contribution < 1.29 is 20.1 Å². The molecule has 0 heterocycles. The Bertz CT molecular complexity index is 930. The third-order valence-corrected chi connectivity index (χ3v) is 4.36. The molecular weight excluding hydrogens is 360 g/mol. The van der Waals surface area contributed by atoms with Crippen molar-refractivity contribution in [2.45, 2.75) is 6.92 Å². The maximum atomic E-state index is 12.7. The summed E-state index contributed by atoms with van der Waals surface area (Å²) in [6.45, 7) is 1.56. The van der Waals surface area contributed by atoms with Crippen LogP contribution in [0.1, 0.15) is 21.5 Å². The third-order valence-electron chi connectivity index (χ3n) is 3.83. The van der Waals surface area contributed by atoms with Gasteiger partial charge in [-0.1, -0.05) is 28.1 Å². The molecule has 0 atom stereocenters. The van der Waals surface area contributed by atoms with Crippen molar-refractivity contribution in [1.82, 2.24) is 0 Å². The van der Waals surface area contributed by atoms with Gasteiger partial charge in [-0.3, -0.25) is 4.79 Å². The molecule has 3 aromatic rings. The van der Waals surface area contributed by atoms with Crippen LogP contribution in [0.25, 0.3) is 10.8 Å². The number of phenolic OH excluding ortho intramolecular Hbond substituents is 3. The second-order valence-corrected chi connectivity index (χ2v) is 6.15. The van der Waals surface area contributed by atoms with Gasteiger partial charge in [-0.15, -0.1) is 0 Å². The largest absolute Gasteiger partial charge is 0.507 e. The van der Waals surface area contributed by atoms with E-state index < -0.39 is 5.78 Å². The first kappa shape index (κ1) is 15.4. The Labute approximate surface area is 140 Å². The van der Waals surface area contributed by atoms with Crippen LogP contribution in [0.2, 0.25) is 0 Å². The van der Waals surface area contributed by atoms with Crippen molar-refractivity contribution >= 4 is 32.5 Å². The number of benzene rings is 3. The third kappa shape index (κ3) is 2.43. The molecule has 0 amide bonds. The standard InChI is InChI=1S/C18H13BrO4/c1-9-14(17(22)10-5-7-11(19)8-6-10)18(23)15-12(16(9)21)3-2-4-13(15)20/h2-8,20-21,23H,1H3. The number of carbonyl (C=O) groups is 1. The van der Waals surface area contributed by atoms with E-state index in [1.807, 2.05) is 0 Å². The second-order valence-electron chi connectivity index (χ2n) is 5.23. The molecule has 0 saturated heterocycles. The number of phenols is 3. The number of rotatable bonds is 2. The Morgan fingerprint density at radius 1 is 0.957 bits per heavy atom. The van der Waals surface area contributed by atoms with E-state index >= 15 is 0 Å². The van der Waals surface area contributed by atoms with E-state index in [1.165, 1.54) is 6.07 Å². The van der Waals surface area contributed by atoms with Gasteiger partial charge in [0, 0.05) is 21.0 Å². The summed E-state index contributed by atoms with van der Waals surface area (Å²) < 4.78 is 0.828. The van der Waals surface area contributed by atoms with E-state index in [0.29, 0.717) is 10.9 Å². The van der Waals surface area contributed by atoms with Gasteiger partial charge in [-0.2, -0.15) is 0 Å². The van der Waals surface area contributed by atoms with Crippen LogP contribution in [-0.2, 0) is 0 Å². The summed E-state index contributed by atoms with van der Waals surface area (Å²) in [7, 11) is 0. The van der Waals surface area contributed by atoms with E-state index in [9.17, 15) is 20.1 Å². The summed E-state index contributed by atoms with van der Waals surface area (Å²) in [5.41, 5.74) is 0.633. The van der Waals surface area contributed by atoms with Gasteiger partial charge in [-0.25, -0.2) is 0 Å². The minimum Gasteiger partial charge on any atom is -0.507 e. The highest BCUT2D eigenvalue weighted by Crippen LogP contribution is 2.43. The van der Waals surface area contributed by atoms with Crippen molar-refractivity contribution in [2.75, 3.05) is 0 Å². The van der Waals surface area contributed by atoms with E-state index in [0.717, 1.165) is 4.47 Å². The normalized spacial score (nSPS) is 10.9. The van der Waals surface area contributed by atoms with Gasteiger partial charge in [0.1, 0.15) is 17.2 Å². The first-order valence-electron chi connectivity index (χ1n) is 6.88. The summed E-state index contributed by atoms with van der Waals surface area (Å²) in [5.74, 6) is -1.08. The molecule has 0 fully saturated rings. The highest BCUT2D eigenvalue weighted by molar-refractivity contribution is 9.10. The first-order chi connectivity index (χ1) is 10.9. The molecule has 3 aromatic carbocycles. The summed E-state index contributed by atoms with van der Waals surface area (Å²) >= 11 is 3.30. The lowest BCUT2D eigenvalue weighted by molar-refractivity contribution is 0.103. The molecule has 0 aliphatic carbocycles. The highest BCUT2D eigenvalue weighted by atomic mass is 79.9. The summed E-state index contributed by atoms with van der Waals surface area (Å²) in [4.78, 5) is 12.7. The Hall–Kier alpha value is -2.53. The molecule has 3 rings (SSSR count). The van der Waals surface area contributed by atoms with Crippen LogP contribution in [0.3, 0.4) is 0 Å². The lowest BCUT2D eigenvalue weighted by Crippen LogP contribution is -2.05. The molecule has 0 radical (unpaired) electrons. The minimum absolute atomic E-state index is 0.0150. The van der Waals surface area contributed by atoms with Crippen molar-refractivity contribution in [3.05, 3.63) is 63.6 Å². The zero-order chi connectivity index (χ0) is 16.7. The molecular formula is C18H13BrO4. The fourth-order valence-corrected chi connectivity index (χ4v) is 2.90. The van der Waals surface area contributed by atoms with Gasteiger partial charge < -0.3 is 15.3 Å². The van der Waals surface area contributed by atoms with Crippen LogP contribution >= 0.6 is 15.9 Å². The number of hydrogen-bond donors (Lipinski definition) is 3. The van der Waals surface area contributed by atoms with Gasteiger partial charge in [0.15, 0.2) is 5.78 Å². The molecule has 0 saturated carbocycles. The smallest absolute Gasteiger partial charge is 0.197 e. The van der Waals surface area contributed by atoms with Crippen LogP contribution < -0.4 is 0 Å². The molecule has 0 unspecified atom stereocenters. The summed E-state index contributed by atoms with van der Waals surface area (Å²) in [6, 6.07) is 11.2. The van der Waals surface area contributed by atoms with Gasteiger partial charge >= 0.3 is 0 Å². The van der Waals surface area contributed by atoms with E-state index in [-0.39, 0.29) is 33.8 Å². The monoisotopic (exact) mass is 372 g/mol. The molecule has 0 spiro atoms. The van der Waals surface area contributed by atoms with Crippen LogP contribution in [0.15, 0.2) is 46.9 Å². The summed E-state index contributed by atoms with van der Waals surface area (Å²) in [5, 5.41) is 31.2. The molecule has 4 nitrogen and oxygen atoms in total. The van der Waals surface area contributed by atoms with Crippen LogP contribution in [-0.4, -0.2) is 21.1 Å². The zero-order valence-electron chi connectivity index (χ0n) is 12.2. The van der Waals surface area contributed by atoms with Gasteiger partial charge in [0.05, 0.1) is 10.9 Å². The number of aromatic hydroxyl groups is 3. The van der Waals surface area contributed by atoms with Gasteiger partial charge in [-0.05, 0) is 37.3 Å². The maximum absolute atomic E-state index is 12.7. The Morgan fingerprint density at radius 3 is 2.26 bits per heavy atom. The molecule has 0 aliphatic heterocycles. The lowest BCUT2D eigenvalue weighted by Gasteiger charge is -2.14. The molecule has 116 valence electrons. The average Bonchev–Trinajstić information content (AvgIpc) is 2.53. The second kappa shape index (κ2) is 5.59. The predicted octanol–water partition coefficient (Wildman–Crippen LogP) is 4.26. The van der Waals surface area contributed by atoms with Crippen molar-refractivity contribution in [2.24, 2.45) is 0 Å². The van der Waals surface area contributed by atoms with Crippen molar-refractivity contribution in [3.63, 3.8) is 0 Å². The number of hydrogen-bond acceptors (Lipinski definition) is 4. The van der Waals surface area contributed by atoms with Crippen LogP contribution in [0.5, 0.6) is 17.2 Å². The Balaban J connectivity index is 2.31. The zero-order valence-corrected chi connectivity index (χ0v) is 13.8. The number of carbonyl (C=O) groups excluding carboxylic acids is 1. The SMILES string of the molecule is Cc1c(C(=O)c2ccc(Br)cc2)c(O)c2c(O)cccc2c1O. The topological polar surface area (TPSA) is 77.8 Å². The molecule has 5 heteroatoms. The summed E-state index contributed by atoms with van der Waals surface area (Å²) in [6.07, 6.45) is 0. The fraction of sp³-hybridized carbons (Fsp3) is 0.0556. The average molecular weight is 373 g/mol. The molecule has 0 aliphatic rings. The molecule has 3 N–H and O–H groups in total. The maximum Gasteiger partial charge on any atom is 0.197 e. The number of ketones is 1. The first-order valence-corrected chi connectivity index (χ1v) is 7.67. The molecule has 0 bridgehead atoms. The van der Waals surface area contributed by atoms with Crippen molar-refractivity contribution in [3.8, 4) is 17.2 Å². The van der Waals surface area contributed by atoms with Crippen molar-refractivity contribution in [1.29, 1.82) is 0 Å². The number of halogens is 1. The lowest BCUT2D eigenvalue weighted by atomic mass is 9.93. The Morgan fingerprint density at radius 2 is 1.61 bits per heavy atom. The Kier molecular flexibility index (Phi) is 3.74. The molecule has 23 heavy (non-hydrogen) atoms. The highest BCUT2D eigenvalue weighted by Gasteiger charge is 2.24. The van der Waals surface area contributed by atoms with E-state index in [2.05, 4.69) is 15.9 Å². The fourth-order valence-electron chi connectivity index (χ4n) is 2.63. The quantitative estimate of drug-likeness (QED) is 0.463. The van der Waals surface area contributed by atoms with Gasteiger partial charge in [0.25, 0.3) is 0 Å². The van der Waals surface area contributed by atoms with E-state index in [1.54, 1.807) is 43.3 Å². The van der Waals surface area contributed by atoms with Crippen LogP contribution in [0.4, 0.5) is 0 Å². The van der Waals surface area contributed by atoms with E-state index in [4.69, 9.17) is 0 Å². The molecule has 0 aromatic heterocycles. The van der Waals surface area contributed by atoms with Crippen LogP contribution in [0, 0.1) is 6.92 Å². The van der Waals surface area contributed by atoms with Gasteiger partial charge in [0.2, 0.25) is 0 Å². The number of fused-ring (bicyclic) bond motifs is 1. The minimum atomic E-state index is -0.423. The predicted molar refractivity (Wildman–Crippen MR) is 91.3 cm³/mol.